The molecule has 0 saturated carbocycles. The van der Waals surface area contributed by atoms with Gasteiger partial charge in [-0.05, 0) is 50.3 Å². The molecule has 1 atom stereocenters. The Kier molecular flexibility index (Phi) is 23.3. The number of hydrogen-bond donors (Lipinski definition) is 0. The van der Waals surface area contributed by atoms with Crippen LogP contribution in [0.15, 0.2) is 24.3 Å². The summed E-state index contributed by atoms with van der Waals surface area (Å²) in [6.45, 7) is 9.00. The van der Waals surface area contributed by atoms with Crippen LogP contribution >= 0.6 is 0 Å². The monoisotopic (exact) mass is 557 g/mol. The molecule has 0 amide bonds. The van der Waals surface area contributed by atoms with Crippen LogP contribution < -0.4 is 4.74 Å². The zero-order valence-electron chi connectivity index (χ0n) is 27.5. The van der Waals surface area contributed by atoms with Gasteiger partial charge in [-0.3, -0.25) is 4.79 Å². The van der Waals surface area contributed by atoms with Gasteiger partial charge in [-0.25, -0.2) is 0 Å². The highest BCUT2D eigenvalue weighted by molar-refractivity contribution is 5.78. The fourth-order valence-corrected chi connectivity index (χ4v) is 5.87. The summed E-state index contributed by atoms with van der Waals surface area (Å²) in [6.07, 6.45) is 33.2. The number of rotatable bonds is 28. The molecular formula is C38H68O2. The lowest BCUT2D eigenvalue weighted by Gasteiger charge is -2.27. The van der Waals surface area contributed by atoms with Gasteiger partial charge in [0.2, 0.25) is 0 Å². The molecule has 1 rings (SSSR count). The third kappa shape index (κ3) is 18.9. The molecule has 0 N–H and O–H groups in total. The van der Waals surface area contributed by atoms with E-state index in [9.17, 15) is 4.79 Å². The fraction of sp³-hybridized carbons (Fsp3) is 0.816. The van der Waals surface area contributed by atoms with E-state index in [0.717, 1.165) is 32.1 Å². The van der Waals surface area contributed by atoms with Gasteiger partial charge in [0.15, 0.2) is 0 Å². The largest absolute Gasteiger partial charge is 0.426 e. The SMILES string of the molecule is CCCCCCCCCCCCC(C)(CCCCCCCCCC)C(=O)Oc1ccc(CCCCCCC)cc1. The van der Waals surface area contributed by atoms with E-state index in [0.29, 0.717) is 5.75 Å². The summed E-state index contributed by atoms with van der Waals surface area (Å²) in [5, 5.41) is 0. The van der Waals surface area contributed by atoms with Gasteiger partial charge in [-0.2, -0.15) is 0 Å². The second-order valence-corrected chi connectivity index (χ2v) is 12.9. The molecule has 0 spiro atoms. The molecule has 0 saturated heterocycles. The van der Waals surface area contributed by atoms with Gasteiger partial charge >= 0.3 is 5.97 Å². The number of ether oxygens (including phenoxy) is 1. The third-order valence-corrected chi connectivity index (χ3v) is 8.86. The summed E-state index contributed by atoms with van der Waals surface area (Å²) in [7, 11) is 0. The Hall–Kier alpha value is -1.31. The van der Waals surface area contributed by atoms with Crippen molar-refractivity contribution >= 4 is 5.97 Å². The average Bonchev–Trinajstić information content (AvgIpc) is 2.96. The first kappa shape index (κ1) is 36.7. The summed E-state index contributed by atoms with van der Waals surface area (Å²) in [5.41, 5.74) is 0.976. The molecule has 0 aromatic heterocycles. The normalized spacial score (nSPS) is 12.9. The Balaban J connectivity index is 2.51. The first-order valence-corrected chi connectivity index (χ1v) is 17.9. The first-order valence-electron chi connectivity index (χ1n) is 17.9. The highest BCUT2D eigenvalue weighted by Gasteiger charge is 2.34. The molecule has 232 valence electrons. The van der Waals surface area contributed by atoms with Crippen LogP contribution in [0.3, 0.4) is 0 Å². The Morgan fingerprint density at radius 3 is 1.27 bits per heavy atom. The lowest BCUT2D eigenvalue weighted by atomic mass is 9.79. The molecule has 0 fully saturated rings. The van der Waals surface area contributed by atoms with E-state index in [1.54, 1.807) is 0 Å². The molecule has 40 heavy (non-hydrogen) atoms. The number of esters is 1. The van der Waals surface area contributed by atoms with Crippen LogP contribution in [0.1, 0.15) is 194 Å². The van der Waals surface area contributed by atoms with E-state index >= 15 is 0 Å². The van der Waals surface area contributed by atoms with E-state index < -0.39 is 0 Å². The number of hydrogen-bond acceptors (Lipinski definition) is 2. The molecule has 0 heterocycles. The Morgan fingerprint density at radius 2 is 0.875 bits per heavy atom. The molecule has 2 nitrogen and oxygen atoms in total. The number of carbonyl (C=O) groups excluding carboxylic acids is 1. The van der Waals surface area contributed by atoms with Crippen molar-refractivity contribution in [2.45, 2.75) is 195 Å². The van der Waals surface area contributed by atoms with E-state index in [2.05, 4.69) is 39.8 Å². The number of benzene rings is 1. The summed E-state index contributed by atoms with van der Waals surface area (Å²) in [5.74, 6) is 0.698. The minimum atomic E-state index is -0.375. The predicted molar refractivity (Wildman–Crippen MR) is 176 cm³/mol. The van der Waals surface area contributed by atoms with Gasteiger partial charge in [-0.1, -0.05) is 174 Å². The van der Waals surface area contributed by atoms with E-state index in [1.165, 1.54) is 140 Å². The van der Waals surface area contributed by atoms with Crippen molar-refractivity contribution in [3.8, 4) is 5.75 Å². The third-order valence-electron chi connectivity index (χ3n) is 8.86. The average molecular weight is 557 g/mol. The van der Waals surface area contributed by atoms with Gasteiger partial charge < -0.3 is 4.74 Å². The topological polar surface area (TPSA) is 26.3 Å². The van der Waals surface area contributed by atoms with Gasteiger partial charge in [0.05, 0.1) is 5.41 Å². The molecule has 1 unspecified atom stereocenters. The van der Waals surface area contributed by atoms with Crippen LogP contribution in [-0.4, -0.2) is 5.97 Å². The Labute approximate surface area is 250 Å². The summed E-state index contributed by atoms with van der Waals surface area (Å²) in [6, 6.07) is 8.33. The maximum absolute atomic E-state index is 13.5. The van der Waals surface area contributed by atoms with Crippen LogP contribution in [-0.2, 0) is 11.2 Å². The quantitative estimate of drug-likeness (QED) is 0.0583. The standard InChI is InChI=1S/C38H68O2/c1-5-8-11-14-16-18-19-21-24-27-34-38(4,33-26-23-20-17-15-12-9-6-2)37(39)40-36-31-29-35(30-32-36)28-25-22-13-10-7-3/h29-32H,5-28,33-34H2,1-4H3. The molecule has 0 radical (unpaired) electrons. The van der Waals surface area contributed by atoms with Gasteiger partial charge in [0.1, 0.15) is 5.75 Å². The summed E-state index contributed by atoms with van der Waals surface area (Å²) < 4.78 is 6.02. The second kappa shape index (κ2) is 25.4. The second-order valence-electron chi connectivity index (χ2n) is 12.9. The highest BCUT2D eigenvalue weighted by atomic mass is 16.5. The van der Waals surface area contributed by atoms with Crippen LogP contribution in [0, 0.1) is 5.41 Å². The minimum absolute atomic E-state index is 0.0151. The van der Waals surface area contributed by atoms with Crippen LogP contribution in [0.5, 0.6) is 5.75 Å². The molecule has 0 bridgehead atoms. The molecule has 1 aromatic carbocycles. The minimum Gasteiger partial charge on any atom is -0.426 e. The first-order chi connectivity index (χ1) is 19.6. The van der Waals surface area contributed by atoms with Gasteiger partial charge in [0.25, 0.3) is 0 Å². The smallest absolute Gasteiger partial charge is 0.317 e. The zero-order chi connectivity index (χ0) is 29.2. The molecule has 0 aliphatic heterocycles. The molecular weight excluding hydrogens is 488 g/mol. The number of aryl methyl sites for hydroxylation is 1. The number of unbranched alkanes of at least 4 members (excludes halogenated alkanes) is 20. The maximum atomic E-state index is 13.5. The van der Waals surface area contributed by atoms with E-state index in [1.807, 2.05) is 12.1 Å². The Morgan fingerprint density at radius 1 is 0.525 bits per heavy atom. The highest BCUT2D eigenvalue weighted by Crippen LogP contribution is 2.34. The summed E-state index contributed by atoms with van der Waals surface area (Å²) in [4.78, 5) is 13.5. The predicted octanol–water partition coefficient (Wildman–Crippen LogP) is 13.0. The van der Waals surface area contributed by atoms with Crippen molar-refractivity contribution in [1.29, 1.82) is 0 Å². The van der Waals surface area contributed by atoms with Crippen molar-refractivity contribution in [3.05, 3.63) is 29.8 Å². The van der Waals surface area contributed by atoms with E-state index in [-0.39, 0.29) is 11.4 Å². The fourth-order valence-electron chi connectivity index (χ4n) is 5.87. The molecule has 2 heteroatoms. The van der Waals surface area contributed by atoms with Crippen LogP contribution in [0.2, 0.25) is 0 Å². The van der Waals surface area contributed by atoms with Crippen molar-refractivity contribution in [3.63, 3.8) is 0 Å². The van der Waals surface area contributed by atoms with Crippen molar-refractivity contribution in [2.24, 2.45) is 5.41 Å². The van der Waals surface area contributed by atoms with Crippen molar-refractivity contribution in [1.82, 2.24) is 0 Å². The molecule has 0 aliphatic rings. The maximum Gasteiger partial charge on any atom is 0.317 e. The van der Waals surface area contributed by atoms with Crippen molar-refractivity contribution < 1.29 is 9.53 Å². The van der Waals surface area contributed by atoms with E-state index in [4.69, 9.17) is 4.74 Å². The zero-order valence-corrected chi connectivity index (χ0v) is 27.5. The summed E-state index contributed by atoms with van der Waals surface area (Å²) >= 11 is 0. The lowest BCUT2D eigenvalue weighted by molar-refractivity contribution is -0.146. The molecule has 1 aromatic rings. The van der Waals surface area contributed by atoms with Crippen LogP contribution in [0.25, 0.3) is 0 Å². The lowest BCUT2D eigenvalue weighted by Crippen LogP contribution is -2.32. The Bertz CT molecular complexity index is 694. The molecule has 0 aliphatic carbocycles. The van der Waals surface area contributed by atoms with Crippen LogP contribution in [0.4, 0.5) is 0 Å². The number of carbonyl (C=O) groups is 1. The van der Waals surface area contributed by atoms with Gasteiger partial charge in [0, 0.05) is 0 Å². The van der Waals surface area contributed by atoms with Gasteiger partial charge in [-0.15, -0.1) is 0 Å². The van der Waals surface area contributed by atoms with Crippen molar-refractivity contribution in [2.75, 3.05) is 0 Å².